The van der Waals surface area contributed by atoms with Gasteiger partial charge in [0.2, 0.25) is 0 Å². The molecule has 0 aromatic heterocycles. The summed E-state index contributed by atoms with van der Waals surface area (Å²) in [4.78, 5) is 0. The van der Waals surface area contributed by atoms with E-state index in [1.54, 1.807) is 0 Å². The van der Waals surface area contributed by atoms with Crippen molar-refractivity contribution in [2.75, 3.05) is 13.2 Å². The Morgan fingerprint density at radius 3 is 2.63 bits per heavy atom. The van der Waals surface area contributed by atoms with E-state index in [9.17, 15) is 0 Å². The molecule has 1 aliphatic rings. The number of para-hydroxylation sites is 1. The predicted octanol–water partition coefficient (Wildman–Crippen LogP) is 4.32. The SMILES string of the molecule is CCCNC(c1ccccc1OCC)C1CCCC1. The average Bonchev–Trinajstić information content (AvgIpc) is 2.95. The Bertz CT molecular complexity index is 371. The van der Waals surface area contributed by atoms with Gasteiger partial charge in [-0.05, 0) is 44.7 Å². The van der Waals surface area contributed by atoms with Gasteiger partial charge in [-0.3, -0.25) is 0 Å². The second-order valence-electron chi connectivity index (χ2n) is 5.45. The molecule has 1 aliphatic carbocycles. The fraction of sp³-hybridized carbons (Fsp3) is 0.647. The summed E-state index contributed by atoms with van der Waals surface area (Å²) in [5.41, 5.74) is 1.35. The Morgan fingerprint density at radius 2 is 1.95 bits per heavy atom. The first-order valence-corrected chi connectivity index (χ1v) is 7.82. The number of rotatable bonds is 7. The summed E-state index contributed by atoms with van der Waals surface area (Å²) in [6.07, 6.45) is 6.64. The summed E-state index contributed by atoms with van der Waals surface area (Å²) in [6, 6.07) is 9.00. The van der Waals surface area contributed by atoms with E-state index in [1.165, 1.54) is 37.7 Å². The summed E-state index contributed by atoms with van der Waals surface area (Å²) in [5.74, 6) is 1.83. The molecule has 1 unspecified atom stereocenters. The molecule has 19 heavy (non-hydrogen) atoms. The lowest BCUT2D eigenvalue weighted by Crippen LogP contribution is -2.28. The van der Waals surface area contributed by atoms with Crippen LogP contribution in [0.4, 0.5) is 0 Å². The number of nitrogens with one attached hydrogen (secondary N) is 1. The van der Waals surface area contributed by atoms with Gasteiger partial charge >= 0.3 is 0 Å². The minimum atomic E-state index is 0.463. The molecule has 1 aromatic carbocycles. The molecule has 1 aromatic rings. The zero-order valence-electron chi connectivity index (χ0n) is 12.3. The second kappa shape index (κ2) is 7.54. The maximum absolute atomic E-state index is 5.82. The molecule has 0 saturated heterocycles. The number of benzene rings is 1. The second-order valence-corrected chi connectivity index (χ2v) is 5.45. The van der Waals surface area contributed by atoms with Crippen molar-refractivity contribution in [2.45, 2.75) is 52.0 Å². The van der Waals surface area contributed by atoms with Crippen LogP contribution in [0, 0.1) is 5.92 Å². The van der Waals surface area contributed by atoms with Gasteiger partial charge in [-0.25, -0.2) is 0 Å². The first-order chi connectivity index (χ1) is 9.36. The first-order valence-electron chi connectivity index (χ1n) is 7.82. The van der Waals surface area contributed by atoms with Gasteiger partial charge in [-0.1, -0.05) is 38.0 Å². The zero-order valence-corrected chi connectivity index (χ0v) is 12.3. The summed E-state index contributed by atoms with van der Waals surface area (Å²) in [6.45, 7) is 6.11. The highest BCUT2D eigenvalue weighted by Gasteiger charge is 2.27. The molecule has 1 N–H and O–H groups in total. The topological polar surface area (TPSA) is 21.3 Å². The Hall–Kier alpha value is -1.02. The highest BCUT2D eigenvalue weighted by Crippen LogP contribution is 2.38. The Morgan fingerprint density at radius 1 is 1.21 bits per heavy atom. The fourth-order valence-electron chi connectivity index (χ4n) is 3.15. The molecule has 1 atom stereocenters. The number of hydrogen-bond acceptors (Lipinski definition) is 2. The van der Waals surface area contributed by atoms with Gasteiger partial charge in [0, 0.05) is 11.6 Å². The zero-order chi connectivity index (χ0) is 13.5. The number of hydrogen-bond donors (Lipinski definition) is 1. The van der Waals surface area contributed by atoms with E-state index in [-0.39, 0.29) is 0 Å². The van der Waals surface area contributed by atoms with E-state index in [2.05, 4.69) is 43.4 Å². The molecule has 106 valence electrons. The van der Waals surface area contributed by atoms with Gasteiger partial charge in [-0.2, -0.15) is 0 Å². The molecule has 0 spiro atoms. The molecule has 0 heterocycles. The first kappa shape index (κ1) is 14.4. The van der Waals surface area contributed by atoms with E-state index >= 15 is 0 Å². The minimum Gasteiger partial charge on any atom is -0.494 e. The van der Waals surface area contributed by atoms with Crippen molar-refractivity contribution >= 4 is 0 Å². The molecule has 2 heteroatoms. The van der Waals surface area contributed by atoms with Crippen LogP contribution in [0.25, 0.3) is 0 Å². The van der Waals surface area contributed by atoms with Crippen molar-refractivity contribution in [1.29, 1.82) is 0 Å². The van der Waals surface area contributed by atoms with Crippen molar-refractivity contribution in [3.05, 3.63) is 29.8 Å². The summed E-state index contributed by atoms with van der Waals surface area (Å²) >= 11 is 0. The summed E-state index contributed by atoms with van der Waals surface area (Å²) in [5, 5.41) is 3.75. The maximum Gasteiger partial charge on any atom is 0.124 e. The van der Waals surface area contributed by atoms with Crippen molar-refractivity contribution in [2.24, 2.45) is 5.92 Å². The largest absolute Gasteiger partial charge is 0.494 e. The molecule has 2 nitrogen and oxygen atoms in total. The van der Waals surface area contributed by atoms with E-state index < -0.39 is 0 Å². The molecular weight excluding hydrogens is 234 g/mol. The van der Waals surface area contributed by atoms with Crippen molar-refractivity contribution in [3.63, 3.8) is 0 Å². The standard InChI is InChI=1S/C17H27NO/c1-3-13-18-17(14-9-5-6-10-14)15-11-7-8-12-16(15)19-4-2/h7-8,11-12,14,17-18H,3-6,9-10,13H2,1-2H3. The van der Waals surface area contributed by atoms with Crippen molar-refractivity contribution in [3.8, 4) is 5.75 Å². The number of ether oxygens (including phenoxy) is 1. The Labute approximate surface area is 117 Å². The Kier molecular flexibility index (Phi) is 5.71. The van der Waals surface area contributed by atoms with E-state index in [0.717, 1.165) is 24.8 Å². The lowest BCUT2D eigenvalue weighted by Gasteiger charge is -2.27. The predicted molar refractivity (Wildman–Crippen MR) is 80.6 cm³/mol. The van der Waals surface area contributed by atoms with Crippen LogP contribution in [-0.2, 0) is 0 Å². The van der Waals surface area contributed by atoms with Gasteiger partial charge in [0.05, 0.1) is 6.61 Å². The van der Waals surface area contributed by atoms with Crippen molar-refractivity contribution < 1.29 is 4.74 Å². The van der Waals surface area contributed by atoms with Crippen molar-refractivity contribution in [1.82, 2.24) is 5.32 Å². The minimum absolute atomic E-state index is 0.463. The third kappa shape index (κ3) is 3.73. The van der Waals surface area contributed by atoms with Crippen LogP contribution in [0.15, 0.2) is 24.3 Å². The van der Waals surface area contributed by atoms with Gasteiger partial charge < -0.3 is 10.1 Å². The average molecular weight is 261 g/mol. The van der Waals surface area contributed by atoms with Crippen LogP contribution in [0.1, 0.15) is 57.6 Å². The van der Waals surface area contributed by atoms with E-state index in [0.29, 0.717) is 6.04 Å². The Balaban J connectivity index is 2.20. The van der Waals surface area contributed by atoms with Gasteiger partial charge in [0.1, 0.15) is 5.75 Å². The lowest BCUT2D eigenvalue weighted by atomic mass is 9.91. The van der Waals surface area contributed by atoms with Gasteiger partial charge in [0.15, 0.2) is 0 Å². The highest BCUT2D eigenvalue weighted by atomic mass is 16.5. The molecule has 0 radical (unpaired) electrons. The van der Waals surface area contributed by atoms with E-state index in [1.807, 2.05) is 0 Å². The highest BCUT2D eigenvalue weighted by molar-refractivity contribution is 5.36. The monoisotopic (exact) mass is 261 g/mol. The van der Waals surface area contributed by atoms with Crippen LogP contribution < -0.4 is 10.1 Å². The van der Waals surface area contributed by atoms with Crippen LogP contribution in [0.5, 0.6) is 5.75 Å². The molecular formula is C17H27NO. The summed E-state index contributed by atoms with van der Waals surface area (Å²) in [7, 11) is 0. The lowest BCUT2D eigenvalue weighted by molar-refractivity contribution is 0.313. The van der Waals surface area contributed by atoms with E-state index in [4.69, 9.17) is 4.74 Å². The quantitative estimate of drug-likeness (QED) is 0.789. The smallest absolute Gasteiger partial charge is 0.124 e. The molecule has 1 fully saturated rings. The molecule has 0 amide bonds. The van der Waals surface area contributed by atoms with Crippen LogP contribution >= 0.6 is 0 Å². The molecule has 2 rings (SSSR count). The molecule has 1 saturated carbocycles. The maximum atomic E-state index is 5.82. The summed E-state index contributed by atoms with van der Waals surface area (Å²) < 4.78 is 5.82. The molecule has 0 aliphatic heterocycles. The van der Waals surface area contributed by atoms with Gasteiger partial charge in [-0.15, -0.1) is 0 Å². The van der Waals surface area contributed by atoms with Crippen LogP contribution in [-0.4, -0.2) is 13.2 Å². The van der Waals surface area contributed by atoms with Gasteiger partial charge in [0.25, 0.3) is 0 Å². The fourth-order valence-corrected chi connectivity index (χ4v) is 3.15. The van der Waals surface area contributed by atoms with Crippen LogP contribution in [0.3, 0.4) is 0 Å². The third-order valence-corrected chi connectivity index (χ3v) is 4.04. The van der Waals surface area contributed by atoms with Crippen LogP contribution in [0.2, 0.25) is 0 Å². The third-order valence-electron chi connectivity index (χ3n) is 4.04. The normalized spacial score (nSPS) is 17.6. The molecule has 0 bridgehead atoms.